The number of urea groups is 1. The quantitative estimate of drug-likeness (QED) is 0.351. The lowest BCUT2D eigenvalue weighted by Crippen LogP contribution is -2.24. The van der Waals surface area contributed by atoms with Gasteiger partial charge in [0, 0.05) is 24.5 Å². The second-order valence-corrected chi connectivity index (χ2v) is 6.85. The van der Waals surface area contributed by atoms with Gasteiger partial charge in [-0.15, -0.1) is 0 Å². The number of hydrogen-bond donors (Lipinski definition) is 5. The van der Waals surface area contributed by atoms with Gasteiger partial charge in [-0.25, -0.2) is 14.2 Å². The summed E-state index contributed by atoms with van der Waals surface area (Å²) in [7, 11) is 0. The van der Waals surface area contributed by atoms with Gasteiger partial charge in [0.25, 0.3) is 5.56 Å². The maximum atomic E-state index is 14.0. The summed E-state index contributed by atoms with van der Waals surface area (Å²) in [6.45, 7) is 3.64. The third-order valence-corrected chi connectivity index (χ3v) is 4.47. The number of aromatic amines is 1. The molecule has 1 aromatic carbocycles. The molecule has 10 heteroatoms. The Morgan fingerprint density at radius 1 is 1.16 bits per heavy atom. The summed E-state index contributed by atoms with van der Waals surface area (Å²) in [5, 5.41) is 8.00. The number of carbonyl (C=O) groups excluding carboxylic acids is 1. The Balaban J connectivity index is 1.64. The number of nitrogens with zero attached hydrogens (tertiary/aromatic N) is 2. The van der Waals surface area contributed by atoms with Crippen LogP contribution in [0, 0.1) is 12.7 Å². The number of carbonyl (C=O) groups is 1. The first-order valence-electron chi connectivity index (χ1n) is 9.76. The zero-order chi connectivity index (χ0) is 22.2. The topological polar surface area (TPSA) is 138 Å². The summed E-state index contributed by atoms with van der Waals surface area (Å²) in [4.78, 5) is 35.4. The van der Waals surface area contributed by atoms with Crippen molar-refractivity contribution in [3.63, 3.8) is 0 Å². The van der Waals surface area contributed by atoms with Crippen molar-refractivity contribution < 1.29 is 9.18 Å². The van der Waals surface area contributed by atoms with Crippen LogP contribution in [0.15, 0.2) is 47.5 Å². The lowest BCUT2D eigenvalue weighted by molar-refractivity contribution is 0.262. The fraction of sp³-hybridized carbons (Fsp3) is 0.238. The van der Waals surface area contributed by atoms with Gasteiger partial charge in [0.05, 0.1) is 16.9 Å². The van der Waals surface area contributed by atoms with Crippen molar-refractivity contribution >= 4 is 17.7 Å². The molecule has 2 heterocycles. The number of benzene rings is 1. The SMILES string of the molecule is Cc1cccc(NC(=O)Nc2ncc(-c3ccc(CNCCCN)nc3)c(=O)[nH]2)c1F. The number of hydrogen-bond acceptors (Lipinski definition) is 6. The van der Waals surface area contributed by atoms with E-state index >= 15 is 0 Å². The molecule has 0 saturated heterocycles. The average molecular weight is 425 g/mol. The molecule has 0 radical (unpaired) electrons. The third-order valence-electron chi connectivity index (χ3n) is 4.47. The van der Waals surface area contributed by atoms with Gasteiger partial charge in [-0.05, 0) is 44.1 Å². The van der Waals surface area contributed by atoms with E-state index in [2.05, 4.69) is 30.9 Å². The smallest absolute Gasteiger partial charge is 0.326 e. The maximum absolute atomic E-state index is 14.0. The minimum Gasteiger partial charge on any atom is -0.330 e. The monoisotopic (exact) mass is 425 g/mol. The molecule has 0 aliphatic rings. The lowest BCUT2D eigenvalue weighted by atomic mass is 10.1. The molecule has 0 spiro atoms. The van der Waals surface area contributed by atoms with E-state index in [9.17, 15) is 14.0 Å². The minimum absolute atomic E-state index is 0.0279. The normalized spacial score (nSPS) is 10.7. The highest BCUT2D eigenvalue weighted by molar-refractivity contribution is 5.98. The molecule has 0 bridgehead atoms. The largest absolute Gasteiger partial charge is 0.330 e. The van der Waals surface area contributed by atoms with Crippen molar-refractivity contribution in [1.29, 1.82) is 0 Å². The van der Waals surface area contributed by atoms with Crippen LogP contribution in [-0.4, -0.2) is 34.1 Å². The van der Waals surface area contributed by atoms with Crippen molar-refractivity contribution in [3.05, 3.63) is 70.2 Å². The van der Waals surface area contributed by atoms with Crippen LogP contribution in [0.3, 0.4) is 0 Å². The number of anilines is 2. The molecule has 0 aliphatic carbocycles. The summed E-state index contributed by atoms with van der Waals surface area (Å²) in [5.41, 5.74) is 7.18. The molecule has 2 aromatic heterocycles. The highest BCUT2D eigenvalue weighted by atomic mass is 19.1. The van der Waals surface area contributed by atoms with E-state index in [1.807, 2.05) is 6.07 Å². The van der Waals surface area contributed by atoms with Gasteiger partial charge in [0.15, 0.2) is 0 Å². The summed E-state index contributed by atoms with van der Waals surface area (Å²) in [6.07, 6.45) is 3.82. The standard InChI is InChI=1S/C21H24FN7O2/c1-13-4-2-5-17(18(13)22)27-21(31)29-20-26-12-16(19(30)28-20)14-6-7-15(25-10-14)11-24-9-3-8-23/h2,4-7,10,12,24H,3,8-9,11,23H2,1H3,(H3,26,27,28,29,30,31). The van der Waals surface area contributed by atoms with Gasteiger partial charge >= 0.3 is 6.03 Å². The number of rotatable bonds is 8. The second-order valence-electron chi connectivity index (χ2n) is 6.85. The Morgan fingerprint density at radius 3 is 2.71 bits per heavy atom. The van der Waals surface area contributed by atoms with Gasteiger partial charge in [-0.3, -0.25) is 20.1 Å². The van der Waals surface area contributed by atoms with E-state index in [1.54, 1.807) is 31.3 Å². The van der Waals surface area contributed by atoms with Crippen LogP contribution in [0.2, 0.25) is 0 Å². The van der Waals surface area contributed by atoms with Crippen molar-refractivity contribution in [3.8, 4) is 11.1 Å². The molecule has 2 amide bonds. The third kappa shape index (κ3) is 5.93. The Labute approximate surface area is 178 Å². The molecule has 3 rings (SSSR count). The molecule has 0 saturated carbocycles. The number of aromatic nitrogens is 3. The van der Waals surface area contributed by atoms with Crippen LogP contribution in [0.5, 0.6) is 0 Å². The van der Waals surface area contributed by atoms with E-state index < -0.39 is 17.4 Å². The molecule has 0 aliphatic heterocycles. The van der Waals surface area contributed by atoms with E-state index in [4.69, 9.17) is 5.73 Å². The summed E-state index contributed by atoms with van der Waals surface area (Å²) in [6, 6.07) is 7.52. The molecule has 0 fully saturated rings. The predicted octanol–water partition coefficient (Wildman–Crippen LogP) is 2.36. The second kappa shape index (κ2) is 10.4. The molecule has 3 aromatic rings. The molecule has 9 nitrogen and oxygen atoms in total. The van der Waals surface area contributed by atoms with Crippen molar-refractivity contribution in [1.82, 2.24) is 20.3 Å². The highest BCUT2D eigenvalue weighted by Gasteiger charge is 2.11. The molecule has 0 atom stereocenters. The van der Waals surface area contributed by atoms with E-state index in [1.165, 1.54) is 12.3 Å². The van der Waals surface area contributed by atoms with Gasteiger partial charge in [0.1, 0.15) is 5.82 Å². The number of nitrogens with one attached hydrogen (secondary N) is 4. The zero-order valence-corrected chi connectivity index (χ0v) is 17.0. The van der Waals surface area contributed by atoms with E-state index in [0.717, 1.165) is 18.7 Å². The first-order valence-corrected chi connectivity index (χ1v) is 9.76. The summed E-state index contributed by atoms with van der Waals surface area (Å²) in [5.74, 6) is -0.590. The number of nitrogens with two attached hydrogens (primary N) is 1. The number of halogens is 1. The molecular weight excluding hydrogens is 401 g/mol. The first kappa shape index (κ1) is 22.1. The number of pyridine rings is 1. The molecule has 162 valence electrons. The average Bonchev–Trinajstić information content (AvgIpc) is 2.75. The van der Waals surface area contributed by atoms with Crippen LogP contribution in [-0.2, 0) is 6.54 Å². The minimum atomic E-state index is -0.728. The molecule has 6 N–H and O–H groups in total. The van der Waals surface area contributed by atoms with Crippen LogP contribution in [0.25, 0.3) is 11.1 Å². The molecule has 31 heavy (non-hydrogen) atoms. The van der Waals surface area contributed by atoms with Crippen LogP contribution in [0.4, 0.5) is 20.8 Å². The van der Waals surface area contributed by atoms with Gasteiger partial charge in [0.2, 0.25) is 5.95 Å². The van der Waals surface area contributed by atoms with Crippen LogP contribution < -0.4 is 27.2 Å². The van der Waals surface area contributed by atoms with Crippen LogP contribution >= 0.6 is 0 Å². The van der Waals surface area contributed by atoms with Gasteiger partial charge in [-0.1, -0.05) is 18.2 Å². The fourth-order valence-electron chi connectivity index (χ4n) is 2.80. The van der Waals surface area contributed by atoms with Crippen molar-refractivity contribution in [2.45, 2.75) is 19.9 Å². The number of aryl methyl sites for hydroxylation is 1. The number of amides is 2. The first-order chi connectivity index (χ1) is 15.0. The Kier molecular flexibility index (Phi) is 7.41. The molecular formula is C21H24FN7O2. The van der Waals surface area contributed by atoms with Gasteiger partial charge < -0.3 is 16.4 Å². The Morgan fingerprint density at radius 2 is 2.00 bits per heavy atom. The summed E-state index contributed by atoms with van der Waals surface area (Å²) < 4.78 is 14.0. The Hall–Kier alpha value is -3.63. The highest BCUT2D eigenvalue weighted by Crippen LogP contribution is 2.17. The van der Waals surface area contributed by atoms with Gasteiger partial charge in [-0.2, -0.15) is 0 Å². The fourth-order valence-corrected chi connectivity index (χ4v) is 2.80. The maximum Gasteiger partial charge on any atom is 0.326 e. The summed E-state index contributed by atoms with van der Waals surface area (Å²) >= 11 is 0. The molecule has 0 unspecified atom stereocenters. The van der Waals surface area contributed by atoms with Crippen molar-refractivity contribution in [2.75, 3.05) is 23.7 Å². The lowest BCUT2D eigenvalue weighted by Gasteiger charge is -2.09. The predicted molar refractivity (Wildman–Crippen MR) is 117 cm³/mol. The van der Waals surface area contributed by atoms with Crippen molar-refractivity contribution in [2.24, 2.45) is 5.73 Å². The Bertz CT molecular complexity index is 1100. The van der Waals surface area contributed by atoms with E-state index in [0.29, 0.717) is 29.8 Å². The van der Waals surface area contributed by atoms with E-state index in [-0.39, 0.29) is 11.6 Å². The number of H-pyrrole nitrogens is 1. The zero-order valence-electron chi connectivity index (χ0n) is 17.0. The van der Waals surface area contributed by atoms with Crippen LogP contribution in [0.1, 0.15) is 17.7 Å².